The van der Waals surface area contributed by atoms with Gasteiger partial charge in [0.25, 0.3) is 0 Å². The van der Waals surface area contributed by atoms with Crippen LogP contribution in [-0.4, -0.2) is 42.0 Å². The van der Waals surface area contributed by atoms with Crippen LogP contribution in [0.25, 0.3) is 0 Å². The van der Waals surface area contributed by atoms with Crippen molar-refractivity contribution in [3.8, 4) is 0 Å². The largest absolute Gasteiger partial charge is 0.726 e. The van der Waals surface area contributed by atoms with Gasteiger partial charge in [-0.2, -0.15) is 0 Å². The number of Topliss-reactive ketones (excluding diaryl/α,β-unsaturated/α-hetero) is 1. The number of carbonyl (C=O) groups excluding carboxylic acids is 2. The molecule has 0 spiro atoms. The first-order valence-electron chi connectivity index (χ1n) is 12.3. The van der Waals surface area contributed by atoms with Crippen LogP contribution in [0.3, 0.4) is 0 Å². The van der Waals surface area contributed by atoms with Crippen LogP contribution < -0.4 is 5.11 Å². The van der Waals surface area contributed by atoms with E-state index in [1.54, 1.807) is 0 Å². The first-order chi connectivity index (χ1) is 15.3. The monoisotopic (exact) mass is 484 g/mol. The van der Waals surface area contributed by atoms with E-state index in [0.717, 1.165) is 19.3 Å². The van der Waals surface area contributed by atoms with Crippen molar-refractivity contribution in [1.29, 1.82) is 0 Å². The fourth-order valence-electron chi connectivity index (χ4n) is 8.63. The number of hydrogen-bond acceptors (Lipinski definition) is 8. The summed E-state index contributed by atoms with van der Waals surface area (Å²) in [6.07, 6.45) is 3.25. The lowest BCUT2D eigenvalue weighted by molar-refractivity contribution is -0.306. The summed E-state index contributed by atoms with van der Waals surface area (Å²) in [5.41, 5.74) is -0.912. The molecular formula is C24H36O8S-2. The highest BCUT2D eigenvalue weighted by atomic mass is 32.3. The number of carboxylic acid groups (broad SMARTS) is 1. The second-order valence-corrected chi connectivity index (χ2v) is 12.7. The van der Waals surface area contributed by atoms with Gasteiger partial charge in [0.1, 0.15) is 5.78 Å². The molecule has 4 aliphatic rings. The molecule has 188 valence electrons. The van der Waals surface area contributed by atoms with Gasteiger partial charge in [0.2, 0.25) is 10.4 Å². The highest BCUT2D eigenvalue weighted by molar-refractivity contribution is 7.80. The molecule has 1 N–H and O–H groups in total. The summed E-state index contributed by atoms with van der Waals surface area (Å²) < 4.78 is 40.2. The topological polar surface area (TPSA) is 144 Å². The third kappa shape index (κ3) is 4.28. The number of carbonyl (C=O) groups is 2. The van der Waals surface area contributed by atoms with Crippen molar-refractivity contribution in [2.75, 3.05) is 0 Å². The van der Waals surface area contributed by atoms with Crippen LogP contribution in [0.2, 0.25) is 0 Å². The number of aliphatic carboxylic acids is 1. The third-order valence-electron chi connectivity index (χ3n) is 10.3. The lowest BCUT2D eigenvalue weighted by Gasteiger charge is -2.62. The fraction of sp³-hybridized carbons (Fsp3) is 0.917. The lowest BCUT2D eigenvalue weighted by atomic mass is 9.43. The Kier molecular flexibility index (Phi) is 6.51. The van der Waals surface area contributed by atoms with Crippen LogP contribution in [0.4, 0.5) is 0 Å². The molecule has 0 aromatic rings. The summed E-state index contributed by atoms with van der Waals surface area (Å²) in [6, 6.07) is 0. The normalized spacial score (nSPS) is 46.2. The van der Waals surface area contributed by atoms with Gasteiger partial charge in [0.05, 0.1) is 12.2 Å². The van der Waals surface area contributed by atoms with Gasteiger partial charge in [-0.25, -0.2) is 8.42 Å². The molecule has 4 aliphatic carbocycles. The van der Waals surface area contributed by atoms with Crippen molar-refractivity contribution in [2.24, 2.45) is 46.3 Å². The van der Waals surface area contributed by atoms with Gasteiger partial charge >= 0.3 is 0 Å². The zero-order valence-electron chi connectivity index (χ0n) is 19.7. The van der Waals surface area contributed by atoms with Crippen molar-refractivity contribution in [3.05, 3.63) is 0 Å². The predicted octanol–water partition coefficient (Wildman–Crippen LogP) is 1.81. The Bertz CT molecular complexity index is 902. The Balaban J connectivity index is 1.70. The Labute approximate surface area is 196 Å². The lowest BCUT2D eigenvalue weighted by Crippen LogP contribution is -2.62. The minimum absolute atomic E-state index is 0.00137. The number of aliphatic hydroxyl groups is 1. The maximum Gasteiger partial charge on any atom is 0.217 e. The van der Waals surface area contributed by atoms with Crippen molar-refractivity contribution in [3.63, 3.8) is 0 Å². The number of aliphatic hydroxyl groups excluding tert-OH is 1. The summed E-state index contributed by atoms with van der Waals surface area (Å²) in [5, 5.41) is 21.3. The van der Waals surface area contributed by atoms with Crippen molar-refractivity contribution >= 4 is 22.2 Å². The zero-order chi connectivity index (χ0) is 24.3. The molecule has 0 aliphatic heterocycles. The Morgan fingerprint density at radius 1 is 1.21 bits per heavy atom. The fourth-order valence-corrected chi connectivity index (χ4v) is 9.14. The van der Waals surface area contributed by atoms with Gasteiger partial charge in [0.15, 0.2) is 0 Å². The first kappa shape index (κ1) is 25.1. The van der Waals surface area contributed by atoms with Crippen molar-refractivity contribution < 1.29 is 37.0 Å². The van der Waals surface area contributed by atoms with Gasteiger partial charge in [-0.15, -0.1) is 0 Å². The average Bonchev–Trinajstić information content (AvgIpc) is 3.05. The second kappa shape index (κ2) is 8.57. The molecule has 0 heterocycles. The molecule has 4 fully saturated rings. The Morgan fingerprint density at radius 2 is 1.91 bits per heavy atom. The number of ketones is 1. The van der Waals surface area contributed by atoms with Crippen LogP contribution in [0.15, 0.2) is 0 Å². The molecule has 0 saturated heterocycles. The van der Waals surface area contributed by atoms with E-state index in [4.69, 9.17) is 4.18 Å². The summed E-state index contributed by atoms with van der Waals surface area (Å²) in [6.45, 7) is 6.11. The van der Waals surface area contributed by atoms with Crippen molar-refractivity contribution in [1.82, 2.24) is 0 Å². The second-order valence-electron chi connectivity index (χ2n) is 11.7. The zero-order valence-corrected chi connectivity index (χ0v) is 20.5. The quantitative estimate of drug-likeness (QED) is 0.444. The minimum Gasteiger partial charge on any atom is -0.726 e. The van der Waals surface area contributed by atoms with E-state index < -0.39 is 34.0 Å². The molecule has 9 heteroatoms. The summed E-state index contributed by atoms with van der Waals surface area (Å²) in [7, 11) is -4.93. The van der Waals surface area contributed by atoms with Crippen LogP contribution in [-0.2, 0) is 24.2 Å². The molecule has 10 atom stereocenters. The first-order valence-corrected chi connectivity index (χ1v) is 13.7. The van der Waals surface area contributed by atoms with E-state index in [0.29, 0.717) is 32.1 Å². The third-order valence-corrected chi connectivity index (χ3v) is 10.8. The molecule has 0 aromatic carbocycles. The number of fused-ring (bicyclic) bond motifs is 5. The van der Waals surface area contributed by atoms with Gasteiger partial charge in [-0.3, -0.25) is 8.98 Å². The van der Waals surface area contributed by atoms with Crippen LogP contribution >= 0.6 is 0 Å². The number of rotatable bonds is 6. The molecule has 0 aromatic heterocycles. The van der Waals surface area contributed by atoms with Crippen LogP contribution in [0.1, 0.15) is 78.6 Å². The van der Waals surface area contributed by atoms with Crippen LogP contribution in [0, 0.1) is 46.3 Å². The van der Waals surface area contributed by atoms with Gasteiger partial charge in [-0.1, -0.05) is 20.8 Å². The Hall–Kier alpha value is -1.03. The SMILES string of the molecule is C[C@H](CCC(=O)[O-])[C@H]1CC[C@H]2[C@@H]3[C@H](OS(=O)(=O)[O-])C[C@@H]4C[C@H](O)CC[C@]4(C)[C@H]3CC(=O)[C@]12C. The number of hydrogen-bond donors (Lipinski definition) is 1. The molecule has 0 bridgehead atoms. The summed E-state index contributed by atoms with van der Waals surface area (Å²) in [4.78, 5) is 24.8. The van der Waals surface area contributed by atoms with E-state index in [-0.39, 0.29) is 53.1 Å². The van der Waals surface area contributed by atoms with E-state index in [1.807, 2.05) is 13.8 Å². The van der Waals surface area contributed by atoms with E-state index in [1.165, 1.54) is 0 Å². The smallest absolute Gasteiger partial charge is 0.217 e. The standard InChI is InChI=1S/C24H38O8S/c1-13(4-7-21(27)28)16-5-6-17-22-18(12-20(26)24(16,17)3)23(2)9-8-15(25)10-14(23)11-19(22)32-33(29,30)31/h13-19,22,25H,4-12H2,1-3H3,(H,27,28)(H,29,30,31)/p-2/t13-,14+,15-,16-,17+,18+,19-,22+,23+,24-/m1/s1. The average molecular weight is 485 g/mol. The van der Waals surface area contributed by atoms with E-state index in [9.17, 15) is 32.8 Å². The highest BCUT2D eigenvalue weighted by Crippen LogP contribution is 2.67. The molecular weight excluding hydrogens is 448 g/mol. The highest BCUT2D eigenvalue weighted by Gasteiger charge is 2.66. The molecule has 0 unspecified atom stereocenters. The minimum atomic E-state index is -4.93. The maximum atomic E-state index is 13.8. The molecule has 0 radical (unpaired) electrons. The molecule has 33 heavy (non-hydrogen) atoms. The summed E-state index contributed by atoms with van der Waals surface area (Å²) >= 11 is 0. The Morgan fingerprint density at radius 3 is 2.55 bits per heavy atom. The van der Waals surface area contributed by atoms with Gasteiger partial charge in [-0.05, 0) is 92.3 Å². The van der Waals surface area contributed by atoms with Crippen molar-refractivity contribution in [2.45, 2.75) is 90.8 Å². The van der Waals surface area contributed by atoms with Gasteiger partial charge in [0, 0.05) is 17.8 Å². The number of carboxylic acids is 1. The predicted molar refractivity (Wildman–Crippen MR) is 115 cm³/mol. The van der Waals surface area contributed by atoms with E-state index in [2.05, 4.69) is 6.92 Å². The van der Waals surface area contributed by atoms with Gasteiger partial charge < -0.3 is 19.6 Å². The van der Waals surface area contributed by atoms with Crippen LogP contribution in [0.5, 0.6) is 0 Å². The maximum absolute atomic E-state index is 13.8. The molecule has 0 amide bonds. The molecule has 4 saturated carbocycles. The molecule has 4 rings (SSSR count). The molecule has 8 nitrogen and oxygen atoms in total. The van der Waals surface area contributed by atoms with E-state index >= 15 is 0 Å². The summed E-state index contributed by atoms with van der Waals surface area (Å²) in [5.74, 6) is -1.38.